The van der Waals surface area contributed by atoms with Crippen molar-refractivity contribution >= 4 is 22.4 Å². The quantitative estimate of drug-likeness (QED) is 0.854. The normalized spacial score (nSPS) is 22.3. The van der Waals surface area contributed by atoms with Gasteiger partial charge in [0.05, 0.1) is 5.75 Å². The molecule has 2 heterocycles. The standard InChI is InChI=1S/C12H17ClN2OS/c13-12-5-4-10(7-15-12)8-17(16)9-11-3-1-2-6-14-11/h4-5,7,11,14H,1-3,6,8-9H2/t11-,17-/m0/s1. The predicted molar refractivity (Wildman–Crippen MR) is 71.6 cm³/mol. The van der Waals surface area contributed by atoms with Crippen molar-refractivity contribution in [2.24, 2.45) is 0 Å². The highest BCUT2D eigenvalue weighted by atomic mass is 35.5. The van der Waals surface area contributed by atoms with Crippen molar-refractivity contribution in [3.8, 4) is 0 Å². The summed E-state index contributed by atoms with van der Waals surface area (Å²) in [4.78, 5) is 3.99. The molecule has 0 saturated carbocycles. The Balaban J connectivity index is 1.82. The van der Waals surface area contributed by atoms with Crippen LogP contribution in [0.2, 0.25) is 5.15 Å². The van der Waals surface area contributed by atoms with E-state index in [4.69, 9.17) is 11.6 Å². The SMILES string of the molecule is O=[S@@](Cc1ccc(Cl)nc1)C[C@@H]1CCCCN1. The van der Waals surface area contributed by atoms with Gasteiger partial charge in [0.2, 0.25) is 0 Å². The van der Waals surface area contributed by atoms with Crippen molar-refractivity contribution in [2.75, 3.05) is 12.3 Å². The molecule has 1 aromatic rings. The summed E-state index contributed by atoms with van der Waals surface area (Å²) in [5, 5.41) is 3.90. The molecule has 94 valence electrons. The zero-order chi connectivity index (χ0) is 12.1. The summed E-state index contributed by atoms with van der Waals surface area (Å²) in [6, 6.07) is 4.05. The van der Waals surface area contributed by atoms with Gasteiger partial charge in [0.15, 0.2) is 0 Å². The van der Waals surface area contributed by atoms with E-state index in [1.165, 1.54) is 12.8 Å². The minimum Gasteiger partial charge on any atom is -0.313 e. The van der Waals surface area contributed by atoms with E-state index in [0.29, 0.717) is 16.9 Å². The minimum absolute atomic E-state index is 0.421. The van der Waals surface area contributed by atoms with Crippen LogP contribution in [0.5, 0.6) is 0 Å². The third-order valence-corrected chi connectivity index (χ3v) is 4.57. The van der Waals surface area contributed by atoms with E-state index in [1.54, 1.807) is 12.3 Å². The maximum atomic E-state index is 12.0. The van der Waals surface area contributed by atoms with E-state index in [9.17, 15) is 4.21 Å². The molecule has 0 spiro atoms. The molecule has 2 rings (SSSR count). The Morgan fingerprint density at radius 2 is 2.35 bits per heavy atom. The molecule has 0 unspecified atom stereocenters. The van der Waals surface area contributed by atoms with Crippen molar-refractivity contribution in [1.29, 1.82) is 0 Å². The molecule has 2 atom stereocenters. The molecular weight excluding hydrogens is 256 g/mol. The second kappa shape index (κ2) is 6.47. The lowest BCUT2D eigenvalue weighted by Crippen LogP contribution is -2.38. The van der Waals surface area contributed by atoms with Crippen LogP contribution < -0.4 is 5.32 Å². The van der Waals surface area contributed by atoms with Crippen molar-refractivity contribution in [2.45, 2.75) is 31.1 Å². The zero-order valence-corrected chi connectivity index (χ0v) is 11.3. The van der Waals surface area contributed by atoms with Gasteiger partial charge < -0.3 is 5.32 Å². The molecule has 1 aromatic heterocycles. The first kappa shape index (κ1) is 13.0. The number of nitrogens with zero attached hydrogens (tertiary/aromatic N) is 1. The van der Waals surface area contributed by atoms with Crippen molar-refractivity contribution in [1.82, 2.24) is 10.3 Å². The van der Waals surface area contributed by atoms with E-state index in [2.05, 4.69) is 10.3 Å². The topological polar surface area (TPSA) is 42.0 Å². The molecular formula is C12H17ClN2OS. The summed E-state index contributed by atoms with van der Waals surface area (Å²) in [7, 11) is -0.821. The fourth-order valence-corrected chi connectivity index (χ4v) is 3.53. The molecule has 0 radical (unpaired) electrons. The summed E-state index contributed by atoms with van der Waals surface area (Å²) in [5.41, 5.74) is 0.989. The van der Waals surface area contributed by atoms with Gasteiger partial charge in [0, 0.05) is 28.8 Å². The molecule has 17 heavy (non-hydrogen) atoms. The van der Waals surface area contributed by atoms with Gasteiger partial charge in [-0.15, -0.1) is 0 Å². The third-order valence-electron chi connectivity index (χ3n) is 2.92. The molecule has 1 aliphatic rings. The van der Waals surface area contributed by atoms with Crippen LogP contribution in [0.25, 0.3) is 0 Å². The van der Waals surface area contributed by atoms with E-state index >= 15 is 0 Å². The highest BCUT2D eigenvalue weighted by Crippen LogP contribution is 2.11. The van der Waals surface area contributed by atoms with E-state index in [1.807, 2.05) is 6.07 Å². The molecule has 1 aliphatic heterocycles. The van der Waals surface area contributed by atoms with Crippen LogP contribution >= 0.6 is 11.6 Å². The third kappa shape index (κ3) is 4.37. The number of aromatic nitrogens is 1. The number of piperidine rings is 1. The Morgan fingerprint density at radius 3 is 3.00 bits per heavy atom. The average Bonchev–Trinajstić information content (AvgIpc) is 2.33. The molecule has 0 aliphatic carbocycles. The van der Waals surface area contributed by atoms with Crippen molar-refractivity contribution in [3.05, 3.63) is 29.0 Å². The number of hydrogen-bond acceptors (Lipinski definition) is 3. The largest absolute Gasteiger partial charge is 0.313 e. The van der Waals surface area contributed by atoms with Crippen LogP contribution in [0.4, 0.5) is 0 Å². The number of pyridine rings is 1. The Kier molecular flexibility index (Phi) is 4.95. The van der Waals surface area contributed by atoms with Gasteiger partial charge in [0.25, 0.3) is 0 Å². The lowest BCUT2D eigenvalue weighted by atomic mass is 10.1. The summed E-state index contributed by atoms with van der Waals surface area (Å²) in [6.45, 7) is 1.06. The maximum Gasteiger partial charge on any atom is 0.129 e. The number of hydrogen-bond donors (Lipinski definition) is 1. The zero-order valence-electron chi connectivity index (χ0n) is 9.69. The molecule has 5 heteroatoms. The lowest BCUT2D eigenvalue weighted by molar-refractivity contribution is 0.427. The second-order valence-electron chi connectivity index (χ2n) is 4.39. The molecule has 1 N–H and O–H groups in total. The Bertz CT molecular complexity index is 377. The minimum atomic E-state index is -0.821. The smallest absolute Gasteiger partial charge is 0.129 e. The summed E-state index contributed by atoms with van der Waals surface area (Å²) >= 11 is 5.71. The van der Waals surface area contributed by atoms with Crippen molar-refractivity contribution < 1.29 is 4.21 Å². The average molecular weight is 273 g/mol. The lowest BCUT2D eigenvalue weighted by Gasteiger charge is -2.22. The van der Waals surface area contributed by atoms with Crippen LogP contribution in [-0.2, 0) is 16.6 Å². The van der Waals surface area contributed by atoms with Crippen LogP contribution in [0.1, 0.15) is 24.8 Å². The Labute approximate surface area is 109 Å². The van der Waals surface area contributed by atoms with Crippen LogP contribution in [0, 0.1) is 0 Å². The fraction of sp³-hybridized carbons (Fsp3) is 0.583. The van der Waals surface area contributed by atoms with Gasteiger partial charge in [-0.1, -0.05) is 24.1 Å². The molecule has 1 fully saturated rings. The van der Waals surface area contributed by atoms with Crippen LogP contribution in [0.3, 0.4) is 0 Å². The van der Waals surface area contributed by atoms with Gasteiger partial charge in [-0.05, 0) is 31.0 Å². The first-order valence-electron chi connectivity index (χ1n) is 5.93. The van der Waals surface area contributed by atoms with Crippen LogP contribution in [-0.4, -0.2) is 27.5 Å². The fourth-order valence-electron chi connectivity index (χ4n) is 2.03. The summed E-state index contributed by atoms with van der Waals surface area (Å²) in [6.07, 6.45) is 5.33. The number of nitrogens with one attached hydrogen (secondary N) is 1. The molecule has 1 saturated heterocycles. The summed E-state index contributed by atoms with van der Waals surface area (Å²) in [5.74, 6) is 1.31. The first-order chi connectivity index (χ1) is 8.24. The van der Waals surface area contributed by atoms with E-state index < -0.39 is 10.8 Å². The molecule has 0 aromatic carbocycles. The monoisotopic (exact) mass is 272 g/mol. The van der Waals surface area contributed by atoms with Gasteiger partial charge in [-0.2, -0.15) is 0 Å². The van der Waals surface area contributed by atoms with E-state index in [-0.39, 0.29) is 0 Å². The van der Waals surface area contributed by atoms with Crippen molar-refractivity contribution in [3.63, 3.8) is 0 Å². The van der Waals surface area contributed by atoms with E-state index in [0.717, 1.165) is 24.3 Å². The van der Waals surface area contributed by atoms with Crippen LogP contribution in [0.15, 0.2) is 18.3 Å². The molecule has 0 amide bonds. The highest BCUT2D eigenvalue weighted by molar-refractivity contribution is 7.84. The second-order valence-corrected chi connectivity index (χ2v) is 6.28. The van der Waals surface area contributed by atoms with Gasteiger partial charge in [-0.3, -0.25) is 4.21 Å². The maximum absolute atomic E-state index is 12.0. The first-order valence-corrected chi connectivity index (χ1v) is 7.79. The van der Waals surface area contributed by atoms with Gasteiger partial charge >= 0.3 is 0 Å². The summed E-state index contributed by atoms with van der Waals surface area (Å²) < 4.78 is 12.0. The van der Waals surface area contributed by atoms with Gasteiger partial charge in [0.1, 0.15) is 5.15 Å². The molecule has 3 nitrogen and oxygen atoms in total. The molecule has 0 bridgehead atoms. The predicted octanol–water partition coefficient (Wildman–Crippen LogP) is 2.13. The Hall–Kier alpha value is -0.450. The number of halogens is 1. The van der Waals surface area contributed by atoms with Gasteiger partial charge in [-0.25, -0.2) is 4.98 Å². The number of rotatable bonds is 4. The Morgan fingerprint density at radius 1 is 1.47 bits per heavy atom. The highest BCUT2D eigenvalue weighted by Gasteiger charge is 2.15.